The zero-order valence-corrected chi connectivity index (χ0v) is 18.4. The molecule has 2 aromatic rings. The van der Waals surface area contributed by atoms with Gasteiger partial charge in [-0.2, -0.15) is 0 Å². The molecular formula is C23H30N2O3S. The topological polar surface area (TPSA) is 42.0 Å². The van der Waals surface area contributed by atoms with Crippen molar-refractivity contribution in [2.45, 2.75) is 32.7 Å². The summed E-state index contributed by atoms with van der Waals surface area (Å²) in [5.74, 6) is 2.46. The summed E-state index contributed by atoms with van der Waals surface area (Å²) in [6.07, 6.45) is 3.50. The molecule has 156 valence electrons. The maximum Gasteiger partial charge on any atom is 0.264 e. The van der Waals surface area contributed by atoms with Gasteiger partial charge in [0.15, 0.2) is 11.5 Å². The molecule has 1 unspecified atom stereocenters. The molecule has 1 amide bonds. The number of nitrogens with zero attached hydrogens (tertiary/aromatic N) is 2. The van der Waals surface area contributed by atoms with Crippen molar-refractivity contribution in [3.8, 4) is 11.5 Å². The number of rotatable bonds is 5. The van der Waals surface area contributed by atoms with Crippen LogP contribution in [0.15, 0.2) is 24.3 Å². The molecule has 0 N–H and O–H groups in total. The highest BCUT2D eigenvalue weighted by Crippen LogP contribution is 2.33. The van der Waals surface area contributed by atoms with Crippen LogP contribution in [0.3, 0.4) is 0 Å². The molecule has 29 heavy (non-hydrogen) atoms. The third-order valence-corrected chi connectivity index (χ3v) is 7.28. The van der Waals surface area contributed by atoms with Crippen LogP contribution in [-0.2, 0) is 19.4 Å². The SMILES string of the molecule is COc1ccc(CN2CCN(C(=O)c3cc4c(s3)CCC(C)C4)CC2)cc1OC. The van der Waals surface area contributed by atoms with Crippen LogP contribution in [-0.4, -0.2) is 56.1 Å². The Labute approximate surface area is 177 Å². The van der Waals surface area contributed by atoms with Gasteiger partial charge in [-0.15, -0.1) is 11.3 Å². The lowest BCUT2D eigenvalue weighted by molar-refractivity contribution is 0.0633. The number of aryl methyl sites for hydroxylation is 1. The van der Waals surface area contributed by atoms with Crippen LogP contribution >= 0.6 is 11.3 Å². The fourth-order valence-corrected chi connectivity index (χ4v) is 5.49. The zero-order chi connectivity index (χ0) is 20.4. The second kappa shape index (κ2) is 8.76. The number of carbonyl (C=O) groups excluding carboxylic acids is 1. The van der Waals surface area contributed by atoms with E-state index in [-0.39, 0.29) is 5.91 Å². The first-order valence-corrected chi connectivity index (χ1v) is 11.2. The second-order valence-electron chi connectivity index (χ2n) is 8.16. The molecule has 1 aliphatic carbocycles. The van der Waals surface area contributed by atoms with Gasteiger partial charge in [-0.3, -0.25) is 9.69 Å². The van der Waals surface area contributed by atoms with E-state index in [1.165, 1.54) is 22.4 Å². The van der Waals surface area contributed by atoms with E-state index in [2.05, 4.69) is 24.0 Å². The Balaban J connectivity index is 1.34. The maximum atomic E-state index is 13.0. The number of benzene rings is 1. The van der Waals surface area contributed by atoms with Gasteiger partial charge in [0.2, 0.25) is 0 Å². The number of carbonyl (C=O) groups is 1. The average molecular weight is 415 g/mol. The van der Waals surface area contributed by atoms with Gasteiger partial charge >= 0.3 is 0 Å². The third kappa shape index (κ3) is 4.43. The standard InChI is InChI=1S/C23H30N2O3S/c1-16-4-7-21-18(12-16)14-22(29-21)23(26)25-10-8-24(9-11-25)15-17-5-6-19(27-2)20(13-17)28-3/h5-6,13-14,16H,4,7-12,15H2,1-3H3. The number of thiophene rings is 1. The zero-order valence-electron chi connectivity index (χ0n) is 17.6. The van der Waals surface area contributed by atoms with E-state index in [1.807, 2.05) is 17.0 Å². The highest BCUT2D eigenvalue weighted by Gasteiger charge is 2.26. The summed E-state index contributed by atoms with van der Waals surface area (Å²) in [6.45, 7) is 6.51. The Morgan fingerprint density at radius 3 is 2.59 bits per heavy atom. The predicted octanol–water partition coefficient (Wildman–Crippen LogP) is 3.85. The van der Waals surface area contributed by atoms with Gasteiger partial charge in [-0.1, -0.05) is 13.0 Å². The van der Waals surface area contributed by atoms with E-state index in [0.717, 1.165) is 67.9 Å². The number of amides is 1. The average Bonchev–Trinajstić information content (AvgIpc) is 3.17. The molecule has 5 nitrogen and oxygen atoms in total. The van der Waals surface area contributed by atoms with Crippen molar-refractivity contribution in [3.63, 3.8) is 0 Å². The second-order valence-corrected chi connectivity index (χ2v) is 9.30. The first-order valence-electron chi connectivity index (χ1n) is 10.4. The first kappa shape index (κ1) is 20.2. The molecule has 1 fully saturated rings. The molecule has 2 heterocycles. The summed E-state index contributed by atoms with van der Waals surface area (Å²) in [7, 11) is 3.31. The largest absolute Gasteiger partial charge is 0.493 e. The smallest absolute Gasteiger partial charge is 0.264 e. The first-order chi connectivity index (χ1) is 14.1. The molecule has 0 saturated carbocycles. The fourth-order valence-electron chi connectivity index (χ4n) is 4.31. The van der Waals surface area contributed by atoms with Crippen LogP contribution in [0.4, 0.5) is 0 Å². The van der Waals surface area contributed by atoms with E-state index in [9.17, 15) is 4.79 Å². The molecule has 0 radical (unpaired) electrons. The van der Waals surface area contributed by atoms with Crippen molar-refractivity contribution in [3.05, 3.63) is 45.1 Å². The number of methoxy groups -OCH3 is 2. The van der Waals surface area contributed by atoms with Crippen molar-refractivity contribution in [1.29, 1.82) is 0 Å². The Hall–Kier alpha value is -2.05. The van der Waals surface area contributed by atoms with Gasteiger partial charge < -0.3 is 14.4 Å². The lowest BCUT2D eigenvalue weighted by Gasteiger charge is -2.34. The number of hydrogen-bond acceptors (Lipinski definition) is 5. The Bertz CT molecular complexity index is 871. The number of ether oxygens (including phenoxy) is 2. The van der Waals surface area contributed by atoms with Crippen molar-refractivity contribution in [2.75, 3.05) is 40.4 Å². The van der Waals surface area contributed by atoms with Gasteiger partial charge in [0, 0.05) is 37.6 Å². The molecule has 4 rings (SSSR count). The van der Waals surface area contributed by atoms with E-state index >= 15 is 0 Å². The Morgan fingerprint density at radius 2 is 1.86 bits per heavy atom. The monoisotopic (exact) mass is 414 g/mol. The summed E-state index contributed by atoms with van der Waals surface area (Å²) in [6, 6.07) is 8.23. The minimum atomic E-state index is 0.211. The number of fused-ring (bicyclic) bond motifs is 1. The summed E-state index contributed by atoms with van der Waals surface area (Å²) >= 11 is 1.72. The highest BCUT2D eigenvalue weighted by molar-refractivity contribution is 7.14. The van der Waals surface area contributed by atoms with Crippen LogP contribution in [0.1, 0.15) is 39.0 Å². The van der Waals surface area contributed by atoms with Crippen molar-refractivity contribution in [1.82, 2.24) is 9.80 Å². The maximum absolute atomic E-state index is 13.0. The van der Waals surface area contributed by atoms with Gasteiger partial charge in [0.25, 0.3) is 5.91 Å². The van der Waals surface area contributed by atoms with Gasteiger partial charge in [-0.25, -0.2) is 0 Å². The minimum absolute atomic E-state index is 0.211. The number of piperazine rings is 1. The summed E-state index contributed by atoms with van der Waals surface area (Å²) in [5, 5.41) is 0. The van der Waals surface area contributed by atoms with E-state index in [0.29, 0.717) is 0 Å². The summed E-state index contributed by atoms with van der Waals surface area (Å²) in [4.78, 5) is 19.8. The van der Waals surface area contributed by atoms with Gasteiger partial charge in [0.1, 0.15) is 0 Å². The lowest BCUT2D eigenvalue weighted by atomic mass is 9.90. The predicted molar refractivity (Wildman–Crippen MR) is 116 cm³/mol. The molecule has 6 heteroatoms. The lowest BCUT2D eigenvalue weighted by Crippen LogP contribution is -2.48. The van der Waals surface area contributed by atoms with Crippen LogP contribution < -0.4 is 9.47 Å². The third-order valence-electron chi connectivity index (χ3n) is 6.05. The van der Waals surface area contributed by atoms with Gasteiger partial charge in [-0.05, 0) is 54.5 Å². The normalized spacial score (nSPS) is 19.7. The molecule has 0 bridgehead atoms. The molecular weight excluding hydrogens is 384 g/mol. The summed E-state index contributed by atoms with van der Waals surface area (Å²) in [5.41, 5.74) is 2.60. The van der Waals surface area contributed by atoms with E-state index < -0.39 is 0 Å². The fraction of sp³-hybridized carbons (Fsp3) is 0.522. The molecule has 2 aliphatic rings. The quantitative estimate of drug-likeness (QED) is 0.745. The van der Waals surface area contributed by atoms with Crippen molar-refractivity contribution in [2.24, 2.45) is 5.92 Å². The van der Waals surface area contributed by atoms with Crippen molar-refractivity contribution >= 4 is 17.2 Å². The Kier molecular flexibility index (Phi) is 6.11. The van der Waals surface area contributed by atoms with Crippen LogP contribution in [0.25, 0.3) is 0 Å². The molecule has 1 aliphatic heterocycles. The van der Waals surface area contributed by atoms with Crippen LogP contribution in [0.2, 0.25) is 0 Å². The minimum Gasteiger partial charge on any atom is -0.493 e. The highest BCUT2D eigenvalue weighted by atomic mass is 32.1. The van der Waals surface area contributed by atoms with Crippen molar-refractivity contribution < 1.29 is 14.3 Å². The number of hydrogen-bond donors (Lipinski definition) is 0. The van der Waals surface area contributed by atoms with E-state index in [4.69, 9.17) is 9.47 Å². The summed E-state index contributed by atoms with van der Waals surface area (Å²) < 4.78 is 10.7. The van der Waals surface area contributed by atoms with Crippen LogP contribution in [0, 0.1) is 5.92 Å². The molecule has 0 spiro atoms. The molecule has 1 aromatic heterocycles. The molecule has 1 atom stereocenters. The van der Waals surface area contributed by atoms with Crippen LogP contribution in [0.5, 0.6) is 11.5 Å². The molecule has 1 saturated heterocycles. The molecule has 1 aromatic carbocycles. The van der Waals surface area contributed by atoms with E-state index in [1.54, 1.807) is 25.6 Å². The Morgan fingerprint density at radius 1 is 1.10 bits per heavy atom. The van der Waals surface area contributed by atoms with Gasteiger partial charge in [0.05, 0.1) is 19.1 Å².